The number of piperidine rings is 1. The van der Waals surface area contributed by atoms with Gasteiger partial charge in [-0.2, -0.15) is 0 Å². The molecule has 3 amide bonds. The summed E-state index contributed by atoms with van der Waals surface area (Å²) in [6, 6.07) is 12.9. The van der Waals surface area contributed by atoms with Gasteiger partial charge in [0.25, 0.3) is 0 Å². The Hall–Kier alpha value is -2.64. The molecule has 0 radical (unpaired) electrons. The molecular formula is C20H22ClFN4O2. The number of hydrazine groups is 1. The van der Waals surface area contributed by atoms with Crippen molar-refractivity contribution in [3.8, 4) is 0 Å². The van der Waals surface area contributed by atoms with E-state index < -0.39 is 6.03 Å². The predicted octanol–water partition coefficient (Wildman–Crippen LogP) is 3.54. The van der Waals surface area contributed by atoms with Crippen molar-refractivity contribution in [1.82, 2.24) is 15.8 Å². The molecule has 0 aromatic heterocycles. The van der Waals surface area contributed by atoms with Crippen molar-refractivity contribution in [1.29, 1.82) is 0 Å². The van der Waals surface area contributed by atoms with Crippen LogP contribution >= 0.6 is 11.6 Å². The minimum absolute atomic E-state index is 0.169. The van der Waals surface area contributed by atoms with Crippen molar-refractivity contribution in [2.24, 2.45) is 5.92 Å². The largest absolute Gasteiger partial charge is 0.337 e. The van der Waals surface area contributed by atoms with E-state index in [1.807, 2.05) is 6.07 Å². The topological polar surface area (TPSA) is 73.5 Å². The van der Waals surface area contributed by atoms with E-state index in [4.69, 9.17) is 11.6 Å². The van der Waals surface area contributed by atoms with Gasteiger partial charge in [0.1, 0.15) is 5.82 Å². The number of likely N-dealkylation sites (tertiary alicyclic amines) is 1. The summed E-state index contributed by atoms with van der Waals surface area (Å²) in [5, 5.41) is 3.04. The number of urea groups is 1. The summed E-state index contributed by atoms with van der Waals surface area (Å²) in [6.07, 6.45) is 1.35. The number of hydrogen-bond donors (Lipinski definition) is 3. The molecule has 1 fully saturated rings. The van der Waals surface area contributed by atoms with Gasteiger partial charge in [-0.15, -0.1) is 0 Å². The van der Waals surface area contributed by atoms with E-state index >= 15 is 0 Å². The third-order valence-electron chi connectivity index (χ3n) is 4.70. The molecule has 148 valence electrons. The smallest absolute Gasteiger partial charge is 0.307 e. The van der Waals surface area contributed by atoms with Crippen molar-refractivity contribution >= 4 is 29.2 Å². The predicted molar refractivity (Wildman–Crippen MR) is 106 cm³/mol. The molecule has 8 heteroatoms. The summed E-state index contributed by atoms with van der Waals surface area (Å²) in [7, 11) is 0. The van der Waals surface area contributed by atoms with Crippen LogP contribution in [-0.2, 0) is 11.3 Å². The molecule has 0 saturated carbocycles. The van der Waals surface area contributed by atoms with E-state index in [9.17, 15) is 14.0 Å². The van der Waals surface area contributed by atoms with Crippen LogP contribution in [0.4, 0.5) is 14.9 Å². The molecule has 0 spiro atoms. The molecule has 3 N–H and O–H groups in total. The lowest BCUT2D eigenvalue weighted by Crippen LogP contribution is -2.48. The van der Waals surface area contributed by atoms with Gasteiger partial charge >= 0.3 is 6.03 Å². The molecule has 0 atom stereocenters. The summed E-state index contributed by atoms with van der Waals surface area (Å²) >= 11 is 6.08. The Morgan fingerprint density at radius 3 is 2.46 bits per heavy atom. The third kappa shape index (κ3) is 5.68. The van der Waals surface area contributed by atoms with Gasteiger partial charge < -0.3 is 5.32 Å². The van der Waals surface area contributed by atoms with Crippen LogP contribution in [0, 0.1) is 11.7 Å². The average molecular weight is 405 g/mol. The van der Waals surface area contributed by atoms with Crippen LogP contribution in [0.1, 0.15) is 18.4 Å². The van der Waals surface area contributed by atoms with E-state index in [2.05, 4.69) is 21.1 Å². The fraction of sp³-hybridized carbons (Fsp3) is 0.300. The number of benzene rings is 2. The molecule has 1 heterocycles. The molecular weight excluding hydrogens is 383 g/mol. The number of nitrogens with one attached hydrogen (secondary N) is 3. The van der Waals surface area contributed by atoms with Gasteiger partial charge in [-0.05, 0) is 55.8 Å². The van der Waals surface area contributed by atoms with Crippen molar-refractivity contribution in [3.63, 3.8) is 0 Å². The number of nitrogens with zero attached hydrogens (tertiary/aromatic N) is 1. The Kier molecular flexibility index (Phi) is 6.84. The first-order chi connectivity index (χ1) is 13.5. The third-order valence-corrected chi connectivity index (χ3v) is 5.05. The van der Waals surface area contributed by atoms with Crippen LogP contribution in [0.25, 0.3) is 0 Å². The highest BCUT2D eigenvalue weighted by molar-refractivity contribution is 6.31. The zero-order valence-electron chi connectivity index (χ0n) is 15.3. The minimum atomic E-state index is -0.497. The molecule has 2 aromatic carbocycles. The quantitative estimate of drug-likeness (QED) is 0.682. The van der Waals surface area contributed by atoms with Crippen LogP contribution in [-0.4, -0.2) is 29.9 Å². The first kappa shape index (κ1) is 20.1. The number of rotatable bonds is 4. The molecule has 0 aliphatic carbocycles. The lowest BCUT2D eigenvalue weighted by atomic mass is 9.96. The first-order valence-electron chi connectivity index (χ1n) is 9.09. The second-order valence-corrected chi connectivity index (χ2v) is 7.13. The number of amides is 3. The van der Waals surface area contributed by atoms with Crippen LogP contribution < -0.4 is 16.2 Å². The van der Waals surface area contributed by atoms with E-state index in [0.717, 1.165) is 18.7 Å². The second kappa shape index (κ2) is 9.52. The average Bonchev–Trinajstić information content (AvgIpc) is 2.69. The zero-order valence-corrected chi connectivity index (χ0v) is 16.0. The molecule has 1 saturated heterocycles. The van der Waals surface area contributed by atoms with Gasteiger partial charge in [0.15, 0.2) is 0 Å². The summed E-state index contributed by atoms with van der Waals surface area (Å²) in [5.41, 5.74) is 6.35. The summed E-state index contributed by atoms with van der Waals surface area (Å²) in [5.74, 6) is -0.729. The van der Waals surface area contributed by atoms with Gasteiger partial charge in [0.05, 0.1) is 0 Å². The van der Waals surface area contributed by atoms with Crippen molar-refractivity contribution in [3.05, 3.63) is 64.9 Å². The molecule has 3 rings (SSSR count). The molecule has 28 heavy (non-hydrogen) atoms. The number of anilines is 1. The monoisotopic (exact) mass is 404 g/mol. The van der Waals surface area contributed by atoms with Crippen LogP contribution in [0.15, 0.2) is 48.5 Å². The normalized spacial score (nSPS) is 15.1. The maximum atomic E-state index is 13.1. The lowest BCUT2D eigenvalue weighted by molar-refractivity contribution is -0.127. The van der Waals surface area contributed by atoms with Gasteiger partial charge in [0.2, 0.25) is 5.91 Å². The number of carbonyl (C=O) groups excluding carboxylic acids is 2. The van der Waals surface area contributed by atoms with Gasteiger partial charge in [0, 0.05) is 23.2 Å². The molecule has 0 unspecified atom stereocenters. The van der Waals surface area contributed by atoms with Crippen LogP contribution in [0.2, 0.25) is 5.02 Å². The van der Waals surface area contributed by atoms with Crippen molar-refractivity contribution in [2.45, 2.75) is 19.4 Å². The number of halogens is 2. The molecule has 6 nitrogen and oxygen atoms in total. The fourth-order valence-electron chi connectivity index (χ4n) is 3.15. The highest BCUT2D eigenvalue weighted by atomic mass is 35.5. The fourth-order valence-corrected chi connectivity index (χ4v) is 3.38. The Labute approximate surface area is 168 Å². The van der Waals surface area contributed by atoms with E-state index in [1.165, 1.54) is 12.1 Å². The standard InChI is InChI=1S/C20H22ClFN4O2/c21-18-12-16(22)7-6-15(18)13-26-10-8-14(9-11-26)19(27)24-25-20(28)23-17-4-2-1-3-5-17/h1-7,12,14H,8-11,13H2,(H,24,27)(H2,23,25,28). The van der Waals surface area contributed by atoms with Gasteiger partial charge in [-0.25, -0.2) is 14.6 Å². The molecule has 1 aliphatic heterocycles. The zero-order chi connectivity index (χ0) is 19.9. The number of carbonyl (C=O) groups is 2. The Morgan fingerprint density at radius 2 is 1.79 bits per heavy atom. The first-order valence-corrected chi connectivity index (χ1v) is 9.47. The molecule has 1 aliphatic rings. The molecule has 2 aromatic rings. The van der Waals surface area contributed by atoms with Crippen LogP contribution in [0.5, 0.6) is 0 Å². The highest BCUT2D eigenvalue weighted by Gasteiger charge is 2.25. The Balaban J connectivity index is 1.40. The van der Waals surface area contributed by atoms with Gasteiger partial charge in [-0.1, -0.05) is 35.9 Å². The summed E-state index contributed by atoms with van der Waals surface area (Å²) in [6.45, 7) is 2.06. The van der Waals surface area contributed by atoms with E-state index in [-0.39, 0.29) is 17.6 Å². The maximum Gasteiger partial charge on any atom is 0.337 e. The number of para-hydroxylation sites is 1. The Bertz CT molecular complexity index is 826. The number of hydrogen-bond acceptors (Lipinski definition) is 3. The second-order valence-electron chi connectivity index (χ2n) is 6.72. The highest BCUT2D eigenvalue weighted by Crippen LogP contribution is 2.23. The van der Waals surface area contributed by atoms with E-state index in [1.54, 1.807) is 30.3 Å². The summed E-state index contributed by atoms with van der Waals surface area (Å²) in [4.78, 5) is 26.3. The SMILES string of the molecule is O=C(NNC(=O)C1CCN(Cc2ccc(F)cc2Cl)CC1)Nc1ccccc1. The van der Waals surface area contributed by atoms with Crippen molar-refractivity contribution < 1.29 is 14.0 Å². The van der Waals surface area contributed by atoms with Crippen molar-refractivity contribution in [2.75, 3.05) is 18.4 Å². The van der Waals surface area contributed by atoms with Gasteiger partial charge in [-0.3, -0.25) is 15.1 Å². The Morgan fingerprint density at radius 1 is 1.07 bits per heavy atom. The van der Waals surface area contributed by atoms with Crippen LogP contribution in [0.3, 0.4) is 0 Å². The lowest BCUT2D eigenvalue weighted by Gasteiger charge is -2.31. The maximum absolute atomic E-state index is 13.1. The summed E-state index contributed by atoms with van der Waals surface area (Å²) < 4.78 is 13.1. The minimum Gasteiger partial charge on any atom is -0.307 e. The van der Waals surface area contributed by atoms with E-state index in [0.29, 0.717) is 30.1 Å². The molecule has 0 bridgehead atoms.